The molecule has 2 aromatic carbocycles. The van der Waals surface area contributed by atoms with E-state index in [0.717, 1.165) is 0 Å². The molecule has 0 bridgehead atoms. The highest BCUT2D eigenvalue weighted by Crippen LogP contribution is 2.47. The number of nitriles is 1. The number of ether oxygens (including phenoxy) is 1. The molecule has 262 valence electrons. The van der Waals surface area contributed by atoms with Crippen LogP contribution < -0.4 is 21.1 Å². The Hall–Kier alpha value is -4.59. The van der Waals surface area contributed by atoms with Crippen molar-refractivity contribution in [3.8, 4) is 23.2 Å². The van der Waals surface area contributed by atoms with E-state index in [9.17, 15) is 18.4 Å². The second-order valence-corrected chi connectivity index (χ2v) is 14.1. The molecule has 17 heteroatoms. The number of nitrogens with zero attached hydrogens (tertiary/aromatic N) is 7. The molecule has 0 saturated carbocycles. The zero-order valence-corrected chi connectivity index (χ0v) is 28.8. The maximum absolute atomic E-state index is 17.0. The number of fused-ring (bicyclic) bond motifs is 2. The summed E-state index contributed by atoms with van der Waals surface area (Å²) in [4.78, 5) is 20.9. The fourth-order valence-corrected chi connectivity index (χ4v) is 7.90. The molecular formula is C33H31ClF5N9OS. The topological polar surface area (TPSA) is 143 Å². The van der Waals surface area contributed by atoms with Gasteiger partial charge in [-0.2, -0.15) is 15.2 Å². The predicted molar refractivity (Wildman–Crippen MR) is 183 cm³/mol. The van der Waals surface area contributed by atoms with Crippen LogP contribution in [-0.4, -0.2) is 65.1 Å². The molecule has 1 saturated heterocycles. The first-order valence-electron chi connectivity index (χ1n) is 15.4. The lowest BCUT2D eigenvalue weighted by Gasteiger charge is -2.44. The summed E-state index contributed by atoms with van der Waals surface area (Å²) in [5, 5.41) is 9.26. The van der Waals surface area contributed by atoms with Crippen molar-refractivity contribution in [3.05, 3.63) is 58.3 Å². The van der Waals surface area contributed by atoms with Crippen LogP contribution in [0.25, 0.3) is 32.1 Å². The lowest BCUT2D eigenvalue weighted by Crippen LogP contribution is -2.51. The van der Waals surface area contributed by atoms with E-state index >= 15 is 8.78 Å². The molecule has 0 unspecified atom stereocenters. The van der Waals surface area contributed by atoms with Gasteiger partial charge in [0, 0.05) is 65.3 Å². The molecule has 1 aliphatic rings. The SMILES string of the molecule is C[C@H](c1nccnc1N)N(C)c1nc(OC[C@]2(C)CN(C)CC[C@@H]2C(F)F)nc2c(F)c(-c3c(F)cc(F)c4sc(N)c(C#N)c34)c(Cl)cc12. The van der Waals surface area contributed by atoms with Crippen molar-refractivity contribution >= 4 is 60.6 Å². The number of rotatable bonds is 8. The number of alkyl halides is 2. The highest BCUT2D eigenvalue weighted by molar-refractivity contribution is 7.23. The number of piperidine rings is 1. The number of aromatic nitrogens is 4. The third kappa shape index (κ3) is 5.96. The first kappa shape index (κ1) is 35.2. The van der Waals surface area contributed by atoms with Gasteiger partial charge in [-0.15, -0.1) is 11.3 Å². The number of benzene rings is 2. The maximum atomic E-state index is 17.0. The lowest BCUT2D eigenvalue weighted by atomic mass is 9.73. The summed E-state index contributed by atoms with van der Waals surface area (Å²) in [5.74, 6) is -4.06. The lowest BCUT2D eigenvalue weighted by molar-refractivity contribution is -0.0679. The highest BCUT2D eigenvalue weighted by atomic mass is 35.5. The van der Waals surface area contributed by atoms with Crippen LogP contribution in [0.1, 0.15) is 37.6 Å². The minimum Gasteiger partial charge on any atom is -0.463 e. The predicted octanol–water partition coefficient (Wildman–Crippen LogP) is 7.21. The fourth-order valence-electron chi connectivity index (χ4n) is 6.68. The summed E-state index contributed by atoms with van der Waals surface area (Å²) < 4.78 is 81.8. The third-order valence-corrected chi connectivity index (χ3v) is 10.7. The Balaban J connectivity index is 1.57. The molecule has 0 aliphatic carbocycles. The number of thiophene rings is 1. The minimum atomic E-state index is -2.61. The molecule has 1 aliphatic heterocycles. The fraction of sp³-hybridized carbons (Fsp3) is 0.364. The average molecular weight is 732 g/mol. The normalized spacial score (nSPS) is 18.9. The first-order valence-corrected chi connectivity index (χ1v) is 16.5. The van der Waals surface area contributed by atoms with Crippen molar-refractivity contribution in [2.24, 2.45) is 11.3 Å². The van der Waals surface area contributed by atoms with Gasteiger partial charge < -0.3 is 26.0 Å². The molecule has 4 N–H and O–H groups in total. The summed E-state index contributed by atoms with van der Waals surface area (Å²) in [6.07, 6.45) is 0.513. The quantitative estimate of drug-likeness (QED) is 0.157. The average Bonchev–Trinajstić information content (AvgIpc) is 3.40. The number of hydrogen-bond acceptors (Lipinski definition) is 11. The first-order chi connectivity index (χ1) is 23.7. The number of anilines is 3. The Kier molecular flexibility index (Phi) is 9.35. The van der Waals surface area contributed by atoms with Crippen LogP contribution >= 0.6 is 22.9 Å². The second kappa shape index (κ2) is 13.3. The van der Waals surface area contributed by atoms with E-state index in [0.29, 0.717) is 36.2 Å². The zero-order chi connectivity index (χ0) is 36.2. The van der Waals surface area contributed by atoms with E-state index < -0.39 is 52.4 Å². The van der Waals surface area contributed by atoms with Crippen LogP contribution in [-0.2, 0) is 0 Å². The van der Waals surface area contributed by atoms with Gasteiger partial charge in [0.05, 0.1) is 27.9 Å². The molecule has 5 aromatic rings. The number of hydrogen-bond donors (Lipinski definition) is 2. The van der Waals surface area contributed by atoms with Crippen LogP contribution in [0, 0.1) is 40.1 Å². The van der Waals surface area contributed by atoms with E-state index in [1.165, 1.54) is 18.5 Å². The van der Waals surface area contributed by atoms with Gasteiger partial charge in [0.1, 0.15) is 45.6 Å². The Morgan fingerprint density at radius 3 is 2.56 bits per heavy atom. The van der Waals surface area contributed by atoms with Crippen LogP contribution in [0.4, 0.5) is 38.6 Å². The largest absolute Gasteiger partial charge is 0.463 e. The van der Waals surface area contributed by atoms with Gasteiger partial charge >= 0.3 is 6.01 Å². The van der Waals surface area contributed by atoms with E-state index in [4.69, 9.17) is 27.8 Å². The Morgan fingerprint density at radius 2 is 1.88 bits per heavy atom. The van der Waals surface area contributed by atoms with Crippen LogP contribution in [0.15, 0.2) is 24.5 Å². The molecule has 3 aromatic heterocycles. The molecule has 3 atom stereocenters. The number of likely N-dealkylation sites (tertiary alicyclic amines) is 1. The van der Waals surface area contributed by atoms with Gasteiger partial charge in [0.15, 0.2) is 5.82 Å². The van der Waals surface area contributed by atoms with Gasteiger partial charge in [0.2, 0.25) is 6.43 Å². The Bertz CT molecular complexity index is 2180. The molecule has 6 rings (SSSR count). The molecule has 0 radical (unpaired) electrons. The smallest absolute Gasteiger partial charge is 0.319 e. The van der Waals surface area contributed by atoms with E-state index in [-0.39, 0.29) is 67.3 Å². The van der Waals surface area contributed by atoms with Gasteiger partial charge in [-0.3, -0.25) is 4.98 Å². The van der Waals surface area contributed by atoms with E-state index in [1.807, 2.05) is 18.0 Å². The maximum Gasteiger partial charge on any atom is 0.319 e. The van der Waals surface area contributed by atoms with Crippen molar-refractivity contribution in [1.29, 1.82) is 5.26 Å². The van der Waals surface area contributed by atoms with Crippen molar-refractivity contribution in [3.63, 3.8) is 0 Å². The number of nitrogen functional groups attached to an aromatic ring is 2. The van der Waals surface area contributed by atoms with Gasteiger partial charge in [-0.25, -0.2) is 26.9 Å². The monoisotopic (exact) mass is 731 g/mol. The molecule has 50 heavy (non-hydrogen) atoms. The molecule has 10 nitrogen and oxygen atoms in total. The van der Waals surface area contributed by atoms with Crippen LogP contribution in [0.5, 0.6) is 6.01 Å². The molecule has 1 fully saturated rings. The van der Waals surface area contributed by atoms with Crippen molar-refractivity contribution in [1.82, 2.24) is 24.8 Å². The van der Waals surface area contributed by atoms with Crippen molar-refractivity contribution < 1.29 is 26.7 Å². The minimum absolute atomic E-state index is 0.0681. The zero-order valence-electron chi connectivity index (χ0n) is 27.2. The van der Waals surface area contributed by atoms with Gasteiger partial charge in [0.25, 0.3) is 0 Å². The molecule has 0 spiro atoms. The Labute approximate surface area is 292 Å². The van der Waals surface area contributed by atoms with Gasteiger partial charge in [-0.05, 0) is 33.0 Å². The standard InChI is InChI=1S/C33H31ClF5N9OS/c1-14(25-29(41)44-7-6-43-25)48(4)31-15-9-18(34)22(23-19(35)10-20(36)27-21(23)16(11-40)30(42)50-27)24(37)26(15)45-32(46-31)49-13-33(2)12-47(3)8-5-17(33)28(38)39/h6-7,9-10,14,17,28H,5,8,12-13,42H2,1-4H3,(H2,41,44)/t14-,17-,33+/m1/s1. The van der Waals surface area contributed by atoms with Crippen molar-refractivity contribution in [2.75, 3.05) is 50.2 Å². The molecule has 4 heterocycles. The van der Waals surface area contributed by atoms with Crippen LogP contribution in [0.3, 0.4) is 0 Å². The number of halogens is 6. The van der Waals surface area contributed by atoms with Crippen LogP contribution in [0.2, 0.25) is 5.02 Å². The Morgan fingerprint density at radius 1 is 1.16 bits per heavy atom. The van der Waals surface area contributed by atoms with E-state index in [2.05, 4.69) is 19.9 Å². The molecular weight excluding hydrogens is 701 g/mol. The van der Waals surface area contributed by atoms with Gasteiger partial charge in [-0.1, -0.05) is 18.5 Å². The summed E-state index contributed by atoms with van der Waals surface area (Å²) in [6.45, 7) is 3.99. The summed E-state index contributed by atoms with van der Waals surface area (Å²) in [5.41, 5.74) is 9.83. The number of nitrogens with two attached hydrogens (primary N) is 2. The van der Waals surface area contributed by atoms with Crippen molar-refractivity contribution in [2.45, 2.75) is 32.7 Å². The summed E-state index contributed by atoms with van der Waals surface area (Å²) >= 11 is 7.42. The summed E-state index contributed by atoms with van der Waals surface area (Å²) in [7, 11) is 3.45. The second-order valence-electron chi connectivity index (χ2n) is 12.7. The summed E-state index contributed by atoms with van der Waals surface area (Å²) in [6, 6.07) is 2.77. The highest BCUT2D eigenvalue weighted by Gasteiger charge is 2.44. The third-order valence-electron chi connectivity index (χ3n) is 9.35. The van der Waals surface area contributed by atoms with E-state index in [1.54, 1.807) is 25.8 Å². The molecule has 0 amide bonds.